The molecule has 0 aromatic rings. The molecular weight excluding hydrogens is 208 g/mol. The monoisotopic (exact) mass is 238 g/mol. The molecule has 2 heteroatoms. The van der Waals surface area contributed by atoms with Crippen molar-refractivity contribution in [2.24, 2.45) is 5.84 Å². The summed E-state index contributed by atoms with van der Waals surface area (Å²) >= 11 is 0. The van der Waals surface area contributed by atoms with E-state index in [9.17, 15) is 0 Å². The van der Waals surface area contributed by atoms with E-state index in [1.54, 1.807) is 0 Å². The summed E-state index contributed by atoms with van der Waals surface area (Å²) in [4.78, 5) is 0. The summed E-state index contributed by atoms with van der Waals surface area (Å²) in [5, 5.41) is 0. The van der Waals surface area contributed by atoms with E-state index < -0.39 is 0 Å². The molecule has 0 aliphatic carbocycles. The second-order valence-corrected chi connectivity index (χ2v) is 4.74. The van der Waals surface area contributed by atoms with E-state index >= 15 is 0 Å². The van der Waals surface area contributed by atoms with Gasteiger partial charge in [-0.3, -0.25) is 11.3 Å². The van der Waals surface area contributed by atoms with Gasteiger partial charge in [0.25, 0.3) is 0 Å². The largest absolute Gasteiger partial charge is 0.271 e. The summed E-state index contributed by atoms with van der Waals surface area (Å²) in [6, 6.07) is 0.450. The van der Waals surface area contributed by atoms with Crippen molar-refractivity contribution in [1.29, 1.82) is 0 Å². The Morgan fingerprint density at radius 1 is 1.00 bits per heavy atom. The van der Waals surface area contributed by atoms with Crippen LogP contribution in [0, 0.1) is 11.8 Å². The predicted octanol–water partition coefficient (Wildman–Crippen LogP) is 3.76. The third-order valence-electron chi connectivity index (χ3n) is 3.19. The maximum atomic E-state index is 5.54. The lowest BCUT2D eigenvalue weighted by molar-refractivity contribution is 0.442. The molecule has 0 radical (unpaired) electrons. The quantitative estimate of drug-likeness (QED) is 0.249. The number of hydrogen-bond acceptors (Lipinski definition) is 2. The zero-order chi connectivity index (χ0) is 12.8. The Hall–Kier alpha value is -0.520. The third kappa shape index (κ3) is 11.7. The van der Waals surface area contributed by atoms with Crippen molar-refractivity contribution in [3.63, 3.8) is 0 Å². The molecule has 0 saturated heterocycles. The summed E-state index contributed by atoms with van der Waals surface area (Å²) in [5.74, 6) is 11.6. The molecule has 100 valence electrons. The molecule has 0 heterocycles. The average Bonchev–Trinajstić information content (AvgIpc) is 2.35. The van der Waals surface area contributed by atoms with Gasteiger partial charge in [-0.25, -0.2) is 0 Å². The maximum absolute atomic E-state index is 5.54. The Morgan fingerprint density at radius 3 is 2.24 bits per heavy atom. The summed E-state index contributed by atoms with van der Waals surface area (Å²) in [6.45, 7) is 4.15. The van der Waals surface area contributed by atoms with E-state index in [4.69, 9.17) is 5.84 Å². The van der Waals surface area contributed by atoms with Crippen molar-refractivity contribution in [3.8, 4) is 11.8 Å². The maximum Gasteiger partial charge on any atom is 0.0219 e. The number of unbranched alkanes of at least 4 members (excludes halogenated alkanes) is 6. The molecule has 3 N–H and O–H groups in total. The average molecular weight is 238 g/mol. The molecule has 0 amide bonds. The number of nitrogens with one attached hydrogen (secondary N) is 1. The first-order chi connectivity index (χ1) is 8.35. The van der Waals surface area contributed by atoms with E-state index in [0.29, 0.717) is 6.04 Å². The van der Waals surface area contributed by atoms with Crippen LogP contribution in [-0.4, -0.2) is 6.04 Å². The Kier molecular flexibility index (Phi) is 13.1. The van der Waals surface area contributed by atoms with Crippen LogP contribution in [0.3, 0.4) is 0 Å². The minimum atomic E-state index is 0.450. The fourth-order valence-corrected chi connectivity index (χ4v) is 2.03. The lowest BCUT2D eigenvalue weighted by atomic mass is 10.0. The van der Waals surface area contributed by atoms with Gasteiger partial charge in [0.1, 0.15) is 0 Å². The molecule has 0 spiro atoms. The van der Waals surface area contributed by atoms with Crippen LogP contribution in [0.2, 0.25) is 0 Å². The molecule has 0 aromatic heterocycles. The highest BCUT2D eigenvalue weighted by Gasteiger charge is 2.04. The molecular formula is C15H30N2. The van der Waals surface area contributed by atoms with Gasteiger partial charge >= 0.3 is 0 Å². The molecule has 0 aliphatic heterocycles. The minimum Gasteiger partial charge on any atom is -0.271 e. The molecule has 0 aromatic carbocycles. The fraction of sp³-hybridized carbons (Fsp3) is 0.867. The van der Waals surface area contributed by atoms with E-state index in [2.05, 4.69) is 24.2 Å². The number of nitrogens with two attached hydrogens (primary N) is 1. The smallest absolute Gasteiger partial charge is 0.0219 e. The molecule has 2 nitrogen and oxygen atoms in total. The summed E-state index contributed by atoms with van der Waals surface area (Å²) in [7, 11) is 0. The van der Waals surface area contributed by atoms with Gasteiger partial charge in [-0.1, -0.05) is 51.9 Å². The Bertz CT molecular complexity index is 203. The van der Waals surface area contributed by atoms with Gasteiger partial charge in [-0.15, -0.1) is 11.8 Å². The van der Waals surface area contributed by atoms with Crippen molar-refractivity contribution in [1.82, 2.24) is 5.43 Å². The van der Waals surface area contributed by atoms with Crippen LogP contribution in [0.5, 0.6) is 0 Å². The normalized spacial score (nSPS) is 11.9. The van der Waals surface area contributed by atoms with Crippen LogP contribution >= 0.6 is 0 Å². The first-order valence-electron chi connectivity index (χ1n) is 7.20. The lowest BCUT2D eigenvalue weighted by Crippen LogP contribution is -2.34. The highest BCUT2D eigenvalue weighted by molar-refractivity contribution is 4.95. The number of hydrazine groups is 1. The van der Waals surface area contributed by atoms with Crippen LogP contribution in [0.4, 0.5) is 0 Å². The van der Waals surface area contributed by atoms with Crippen LogP contribution in [0.15, 0.2) is 0 Å². The van der Waals surface area contributed by atoms with Crippen LogP contribution in [0.25, 0.3) is 0 Å². The Morgan fingerprint density at radius 2 is 1.65 bits per heavy atom. The van der Waals surface area contributed by atoms with Crippen molar-refractivity contribution < 1.29 is 0 Å². The predicted molar refractivity (Wildman–Crippen MR) is 76.4 cm³/mol. The summed E-state index contributed by atoms with van der Waals surface area (Å²) < 4.78 is 0. The van der Waals surface area contributed by atoms with E-state index in [-0.39, 0.29) is 0 Å². The Labute approximate surface area is 108 Å². The topological polar surface area (TPSA) is 38.0 Å². The zero-order valence-corrected chi connectivity index (χ0v) is 11.7. The molecule has 0 saturated carbocycles. The van der Waals surface area contributed by atoms with Gasteiger partial charge in [0.05, 0.1) is 0 Å². The molecule has 17 heavy (non-hydrogen) atoms. The number of rotatable bonds is 11. The van der Waals surface area contributed by atoms with Crippen molar-refractivity contribution in [2.45, 2.75) is 84.1 Å². The van der Waals surface area contributed by atoms with Crippen molar-refractivity contribution in [3.05, 3.63) is 0 Å². The second-order valence-electron chi connectivity index (χ2n) is 4.74. The SMILES string of the molecule is CC#CCCC(CCCCCCCCC)NN. The van der Waals surface area contributed by atoms with Crippen LogP contribution in [0.1, 0.15) is 78.1 Å². The lowest BCUT2D eigenvalue weighted by Gasteiger charge is -2.13. The van der Waals surface area contributed by atoms with Gasteiger partial charge in [-0.05, 0) is 19.8 Å². The number of hydrogen-bond donors (Lipinski definition) is 2. The van der Waals surface area contributed by atoms with Crippen molar-refractivity contribution in [2.75, 3.05) is 0 Å². The third-order valence-corrected chi connectivity index (χ3v) is 3.19. The van der Waals surface area contributed by atoms with Gasteiger partial charge in [0.2, 0.25) is 0 Å². The van der Waals surface area contributed by atoms with Gasteiger partial charge in [0.15, 0.2) is 0 Å². The van der Waals surface area contributed by atoms with Crippen LogP contribution in [-0.2, 0) is 0 Å². The minimum absolute atomic E-state index is 0.450. The highest BCUT2D eigenvalue weighted by atomic mass is 15.2. The summed E-state index contributed by atoms with van der Waals surface area (Å²) in [5.41, 5.74) is 2.90. The molecule has 0 rings (SSSR count). The molecule has 0 fully saturated rings. The van der Waals surface area contributed by atoms with Crippen molar-refractivity contribution >= 4 is 0 Å². The summed E-state index contributed by atoms with van der Waals surface area (Å²) in [6.07, 6.45) is 12.8. The zero-order valence-electron chi connectivity index (χ0n) is 11.7. The van der Waals surface area contributed by atoms with Gasteiger partial charge < -0.3 is 0 Å². The van der Waals surface area contributed by atoms with E-state index in [0.717, 1.165) is 12.8 Å². The Balaban J connectivity index is 3.32. The first-order valence-corrected chi connectivity index (χ1v) is 7.20. The second kappa shape index (κ2) is 13.5. The van der Waals surface area contributed by atoms with Gasteiger partial charge in [0, 0.05) is 12.5 Å². The fourth-order valence-electron chi connectivity index (χ4n) is 2.03. The molecule has 0 aliphatic rings. The van der Waals surface area contributed by atoms with Gasteiger partial charge in [-0.2, -0.15) is 0 Å². The highest BCUT2D eigenvalue weighted by Crippen LogP contribution is 2.11. The van der Waals surface area contributed by atoms with E-state index in [1.807, 2.05) is 6.92 Å². The molecule has 0 bridgehead atoms. The van der Waals surface area contributed by atoms with E-state index in [1.165, 1.54) is 51.4 Å². The first kappa shape index (κ1) is 16.5. The standard InChI is InChI=1S/C15H30N2/c1-3-5-7-8-9-10-12-14-15(17-16)13-11-6-4-2/h15,17H,3,5,7-14,16H2,1-2H3. The molecule has 1 atom stereocenters. The van der Waals surface area contributed by atoms with Crippen LogP contribution < -0.4 is 11.3 Å². The molecule has 1 unspecified atom stereocenters.